The average molecular weight is 344 g/mol. The van der Waals surface area contributed by atoms with E-state index in [2.05, 4.69) is 10.9 Å². The molecule has 0 heterocycles. The Morgan fingerprint density at radius 3 is 2.36 bits per heavy atom. The van der Waals surface area contributed by atoms with Gasteiger partial charge in [-0.1, -0.05) is 18.2 Å². The van der Waals surface area contributed by atoms with E-state index in [4.69, 9.17) is 9.84 Å². The zero-order valence-corrected chi connectivity index (χ0v) is 13.5. The number of nitrogens with one attached hydrogen (secondary N) is 2. The second-order valence-electron chi connectivity index (χ2n) is 5.36. The molecule has 7 heteroatoms. The molecule has 1 unspecified atom stereocenters. The molecule has 25 heavy (non-hydrogen) atoms. The molecule has 0 bridgehead atoms. The molecule has 2 aromatic rings. The van der Waals surface area contributed by atoms with Crippen molar-refractivity contribution < 1.29 is 24.5 Å². The van der Waals surface area contributed by atoms with Crippen molar-refractivity contribution in [1.82, 2.24) is 10.9 Å². The number of hydrogen-bond donors (Lipinski definition) is 4. The molecule has 0 fully saturated rings. The minimum absolute atomic E-state index is 0.0430. The highest BCUT2D eigenvalue weighted by Gasteiger charge is 2.12. The highest BCUT2D eigenvalue weighted by molar-refractivity contribution is 5.95. The molecule has 7 nitrogen and oxygen atoms in total. The van der Waals surface area contributed by atoms with Gasteiger partial charge in [0.1, 0.15) is 11.5 Å². The van der Waals surface area contributed by atoms with Gasteiger partial charge in [-0.3, -0.25) is 20.4 Å². The lowest BCUT2D eigenvalue weighted by molar-refractivity contribution is -0.123. The van der Waals surface area contributed by atoms with Crippen molar-refractivity contribution in [1.29, 1.82) is 0 Å². The summed E-state index contributed by atoms with van der Waals surface area (Å²) in [6.07, 6.45) is -0.753. The molecule has 0 aliphatic rings. The van der Waals surface area contributed by atoms with E-state index in [0.29, 0.717) is 5.75 Å². The molecule has 0 aliphatic heterocycles. The van der Waals surface area contributed by atoms with E-state index < -0.39 is 17.9 Å². The van der Waals surface area contributed by atoms with Gasteiger partial charge in [-0.15, -0.1) is 0 Å². The molecule has 1 atom stereocenters. The van der Waals surface area contributed by atoms with Gasteiger partial charge in [0.2, 0.25) is 5.91 Å². The molecular weight excluding hydrogens is 324 g/mol. The number of carbonyl (C=O) groups is 2. The molecule has 0 aliphatic carbocycles. The second kappa shape index (κ2) is 9.29. The maximum absolute atomic E-state index is 11.8. The highest BCUT2D eigenvalue weighted by Crippen LogP contribution is 2.10. The number of ether oxygens (including phenoxy) is 1. The Bertz CT molecular complexity index is 688. The van der Waals surface area contributed by atoms with E-state index >= 15 is 0 Å². The van der Waals surface area contributed by atoms with E-state index in [0.717, 1.165) is 0 Å². The van der Waals surface area contributed by atoms with E-state index in [1.807, 2.05) is 18.2 Å². The van der Waals surface area contributed by atoms with Crippen LogP contribution in [0.3, 0.4) is 0 Å². The largest absolute Gasteiger partial charge is 0.508 e. The third kappa shape index (κ3) is 6.52. The molecule has 2 amide bonds. The first-order chi connectivity index (χ1) is 12.0. The van der Waals surface area contributed by atoms with Crippen molar-refractivity contribution in [3.63, 3.8) is 0 Å². The van der Waals surface area contributed by atoms with Crippen LogP contribution in [-0.2, 0) is 4.79 Å². The summed E-state index contributed by atoms with van der Waals surface area (Å²) >= 11 is 0. The number of phenolic OH excluding ortho intramolecular Hbond substituents is 1. The Kier molecular flexibility index (Phi) is 6.79. The SMILES string of the molecule is O=C(CC(O)CCOc1ccccc1)NNC(=O)c1ccc(O)cc1. The summed E-state index contributed by atoms with van der Waals surface area (Å²) in [6, 6.07) is 14.7. The predicted octanol–water partition coefficient (Wildman–Crippen LogP) is 1.37. The van der Waals surface area contributed by atoms with Gasteiger partial charge in [0.15, 0.2) is 0 Å². The van der Waals surface area contributed by atoms with Crippen LogP contribution in [0, 0.1) is 0 Å². The number of aromatic hydroxyl groups is 1. The quantitative estimate of drug-likeness (QED) is 0.568. The number of hydrogen-bond acceptors (Lipinski definition) is 5. The van der Waals surface area contributed by atoms with Crippen LogP contribution in [0.25, 0.3) is 0 Å². The van der Waals surface area contributed by atoms with Crippen LogP contribution in [0.15, 0.2) is 54.6 Å². The van der Waals surface area contributed by atoms with Crippen LogP contribution in [-0.4, -0.2) is 34.7 Å². The van der Waals surface area contributed by atoms with Crippen LogP contribution in [0.4, 0.5) is 0 Å². The second-order valence-corrected chi connectivity index (χ2v) is 5.36. The Morgan fingerprint density at radius 2 is 1.68 bits per heavy atom. The summed E-state index contributed by atoms with van der Waals surface area (Å²) in [6.45, 7) is 0.276. The number of phenols is 1. The summed E-state index contributed by atoms with van der Waals surface area (Å²) in [5.41, 5.74) is 4.76. The third-order valence-corrected chi connectivity index (χ3v) is 3.33. The van der Waals surface area contributed by atoms with Gasteiger partial charge in [0.25, 0.3) is 5.91 Å². The first-order valence-electron chi connectivity index (χ1n) is 7.78. The molecule has 2 rings (SSSR count). The molecule has 132 valence electrons. The fourth-order valence-corrected chi connectivity index (χ4v) is 2.01. The molecule has 0 spiro atoms. The Labute approximate surface area is 145 Å². The standard InChI is InChI=1S/C18H20N2O5/c21-14-8-6-13(7-9-14)18(24)20-19-17(23)12-15(22)10-11-25-16-4-2-1-3-5-16/h1-9,15,21-22H,10-12H2,(H,19,23)(H,20,24). The molecule has 0 saturated carbocycles. The van der Waals surface area contributed by atoms with Crippen LogP contribution < -0.4 is 15.6 Å². The fourth-order valence-electron chi connectivity index (χ4n) is 2.01. The molecule has 2 aromatic carbocycles. The smallest absolute Gasteiger partial charge is 0.269 e. The molecule has 4 N–H and O–H groups in total. The van der Waals surface area contributed by atoms with Gasteiger partial charge in [-0.25, -0.2) is 0 Å². The molecule has 0 saturated heterocycles. The van der Waals surface area contributed by atoms with Gasteiger partial charge in [0, 0.05) is 12.0 Å². The van der Waals surface area contributed by atoms with E-state index in [-0.39, 0.29) is 30.8 Å². The summed E-state index contributed by atoms with van der Waals surface area (Å²) in [4.78, 5) is 23.5. The van der Waals surface area contributed by atoms with Gasteiger partial charge in [-0.05, 0) is 36.4 Å². The lowest BCUT2D eigenvalue weighted by Crippen LogP contribution is -2.42. The maximum atomic E-state index is 11.8. The Balaban J connectivity index is 1.65. The highest BCUT2D eigenvalue weighted by atomic mass is 16.5. The zero-order valence-electron chi connectivity index (χ0n) is 13.5. The Hall–Kier alpha value is -3.06. The van der Waals surface area contributed by atoms with E-state index in [1.54, 1.807) is 12.1 Å². The lowest BCUT2D eigenvalue weighted by atomic mass is 10.2. The fraction of sp³-hybridized carbons (Fsp3) is 0.222. The number of aliphatic hydroxyl groups is 1. The van der Waals surface area contributed by atoms with Crippen LogP contribution in [0.5, 0.6) is 11.5 Å². The van der Waals surface area contributed by atoms with Gasteiger partial charge in [-0.2, -0.15) is 0 Å². The topological polar surface area (TPSA) is 108 Å². The number of aliphatic hydroxyl groups excluding tert-OH is 1. The summed E-state index contributed by atoms with van der Waals surface area (Å²) in [5.74, 6) is -0.295. The monoisotopic (exact) mass is 344 g/mol. The first kappa shape index (κ1) is 18.3. The van der Waals surface area contributed by atoms with Crippen LogP contribution in [0.1, 0.15) is 23.2 Å². The lowest BCUT2D eigenvalue weighted by Gasteiger charge is -2.12. The zero-order chi connectivity index (χ0) is 18.1. The van der Waals surface area contributed by atoms with Crippen molar-refractivity contribution in [2.45, 2.75) is 18.9 Å². The molecule has 0 aromatic heterocycles. The summed E-state index contributed by atoms with van der Waals surface area (Å²) in [7, 11) is 0. The van der Waals surface area contributed by atoms with Crippen molar-refractivity contribution in [3.05, 3.63) is 60.2 Å². The number of hydrazine groups is 1. The van der Waals surface area contributed by atoms with E-state index in [9.17, 15) is 14.7 Å². The van der Waals surface area contributed by atoms with Crippen LogP contribution in [0.2, 0.25) is 0 Å². The minimum Gasteiger partial charge on any atom is -0.508 e. The van der Waals surface area contributed by atoms with Crippen molar-refractivity contribution in [2.24, 2.45) is 0 Å². The number of amides is 2. The van der Waals surface area contributed by atoms with Gasteiger partial charge in [0.05, 0.1) is 19.1 Å². The van der Waals surface area contributed by atoms with Crippen molar-refractivity contribution in [3.8, 4) is 11.5 Å². The first-order valence-corrected chi connectivity index (χ1v) is 7.78. The molecular formula is C18H20N2O5. The van der Waals surface area contributed by atoms with Gasteiger partial charge >= 0.3 is 0 Å². The normalized spacial score (nSPS) is 11.4. The van der Waals surface area contributed by atoms with Crippen molar-refractivity contribution in [2.75, 3.05) is 6.61 Å². The number of carbonyl (C=O) groups excluding carboxylic acids is 2. The number of benzene rings is 2. The van der Waals surface area contributed by atoms with Crippen molar-refractivity contribution >= 4 is 11.8 Å². The third-order valence-electron chi connectivity index (χ3n) is 3.33. The molecule has 0 radical (unpaired) electrons. The summed E-state index contributed by atoms with van der Waals surface area (Å²) in [5, 5.41) is 19.0. The van der Waals surface area contributed by atoms with Crippen LogP contribution >= 0.6 is 0 Å². The maximum Gasteiger partial charge on any atom is 0.269 e. The average Bonchev–Trinajstić information content (AvgIpc) is 2.61. The predicted molar refractivity (Wildman–Crippen MR) is 90.9 cm³/mol. The summed E-state index contributed by atoms with van der Waals surface area (Å²) < 4.78 is 5.44. The number of rotatable bonds is 7. The number of para-hydroxylation sites is 1. The Morgan fingerprint density at radius 1 is 1.00 bits per heavy atom. The van der Waals surface area contributed by atoms with E-state index in [1.165, 1.54) is 24.3 Å². The minimum atomic E-state index is -0.880. The van der Waals surface area contributed by atoms with Gasteiger partial charge < -0.3 is 14.9 Å².